The van der Waals surface area contributed by atoms with Crippen LogP contribution in [0.5, 0.6) is 0 Å². The SMILES string of the molecule is N#CCC[C@@H](Nc1c(C#N)cnc2c(N[C@H](c3cn(C(F)(F)CO)nn3)c3ccccc3Cl)cc(Cl)cc12)c1ccccc1. The third-order valence-corrected chi connectivity index (χ3v) is 7.53. The number of benzene rings is 3. The number of fused-ring (bicyclic) bond motifs is 1. The molecule has 0 radical (unpaired) electrons. The van der Waals surface area contributed by atoms with Gasteiger partial charge in [-0.3, -0.25) is 4.98 Å². The molecule has 222 valence electrons. The number of anilines is 2. The van der Waals surface area contributed by atoms with Crippen LogP contribution in [-0.2, 0) is 6.05 Å². The third-order valence-electron chi connectivity index (χ3n) is 6.97. The zero-order chi connectivity index (χ0) is 31.3. The highest BCUT2D eigenvalue weighted by Crippen LogP contribution is 2.39. The van der Waals surface area contributed by atoms with E-state index in [4.69, 9.17) is 28.3 Å². The Morgan fingerprint density at radius 2 is 1.77 bits per heavy atom. The molecule has 0 aliphatic heterocycles. The quantitative estimate of drug-likeness (QED) is 0.139. The highest BCUT2D eigenvalue weighted by atomic mass is 35.5. The predicted octanol–water partition coefficient (Wildman–Crippen LogP) is 7.20. The number of aliphatic hydroxyl groups excluding tert-OH is 1. The second-order valence-electron chi connectivity index (χ2n) is 9.82. The van der Waals surface area contributed by atoms with Gasteiger partial charge in [-0.25, -0.2) is 0 Å². The average molecular weight is 633 g/mol. The van der Waals surface area contributed by atoms with Crippen molar-refractivity contribution in [1.29, 1.82) is 10.5 Å². The molecule has 0 aliphatic carbocycles. The first-order valence-corrected chi connectivity index (χ1v) is 14.1. The van der Waals surface area contributed by atoms with Gasteiger partial charge >= 0.3 is 6.05 Å². The minimum Gasteiger partial charge on any atom is -0.388 e. The first-order chi connectivity index (χ1) is 21.2. The molecule has 0 amide bonds. The normalized spacial score (nSPS) is 12.7. The smallest absolute Gasteiger partial charge is 0.367 e. The van der Waals surface area contributed by atoms with Crippen molar-refractivity contribution < 1.29 is 13.9 Å². The standard InChI is InChI=1S/C31H24Cl2F2N8O/c32-21-13-23-28(39-25(11-6-12-36)19-7-2-1-3-8-19)20(15-37)16-38-29(23)26(14-21)40-30(22-9-4-5-10-24(22)33)27-17-43(42-41-27)31(34,35)18-44/h1-5,7-10,13-14,16-17,25,30,40,44H,6,11,18H2,(H,38,39)/t25-,30+/m1/s1. The van der Waals surface area contributed by atoms with Gasteiger partial charge in [0.25, 0.3) is 0 Å². The molecular weight excluding hydrogens is 609 g/mol. The van der Waals surface area contributed by atoms with Gasteiger partial charge in [-0.1, -0.05) is 76.9 Å². The van der Waals surface area contributed by atoms with Gasteiger partial charge in [-0.05, 0) is 35.7 Å². The van der Waals surface area contributed by atoms with E-state index in [0.717, 1.165) is 11.8 Å². The van der Waals surface area contributed by atoms with Gasteiger partial charge in [0.1, 0.15) is 18.4 Å². The predicted molar refractivity (Wildman–Crippen MR) is 163 cm³/mol. The van der Waals surface area contributed by atoms with Crippen LogP contribution in [0, 0.1) is 22.7 Å². The summed E-state index contributed by atoms with van der Waals surface area (Å²) in [5, 5.41) is 43.8. The fourth-order valence-electron chi connectivity index (χ4n) is 4.83. The minimum absolute atomic E-state index is 0.0898. The second kappa shape index (κ2) is 13.2. The number of hydrogen-bond donors (Lipinski definition) is 3. The van der Waals surface area contributed by atoms with E-state index in [1.807, 2.05) is 30.3 Å². The number of aliphatic hydroxyl groups is 1. The van der Waals surface area contributed by atoms with E-state index >= 15 is 0 Å². The Hall–Kier alpha value is -4.81. The highest BCUT2D eigenvalue weighted by Gasteiger charge is 2.33. The molecule has 3 aromatic carbocycles. The first-order valence-electron chi connectivity index (χ1n) is 13.4. The van der Waals surface area contributed by atoms with Crippen molar-refractivity contribution >= 4 is 45.5 Å². The Bertz CT molecular complexity index is 1870. The van der Waals surface area contributed by atoms with Crippen LogP contribution in [0.2, 0.25) is 10.0 Å². The summed E-state index contributed by atoms with van der Waals surface area (Å²) < 4.78 is 28.8. The molecule has 0 saturated heterocycles. The van der Waals surface area contributed by atoms with Crippen molar-refractivity contribution in [3.05, 3.63) is 112 Å². The van der Waals surface area contributed by atoms with Gasteiger partial charge in [0, 0.05) is 28.0 Å². The summed E-state index contributed by atoms with van der Waals surface area (Å²) in [6.45, 7) is -1.46. The first kappa shape index (κ1) is 30.6. The molecule has 0 fully saturated rings. The van der Waals surface area contributed by atoms with Gasteiger partial charge in [0.15, 0.2) is 0 Å². The molecule has 2 heterocycles. The number of halogens is 4. The summed E-state index contributed by atoms with van der Waals surface area (Å²) >= 11 is 13.1. The molecule has 44 heavy (non-hydrogen) atoms. The van der Waals surface area contributed by atoms with E-state index in [0.29, 0.717) is 44.3 Å². The Morgan fingerprint density at radius 1 is 1.02 bits per heavy atom. The molecule has 0 spiro atoms. The second-order valence-corrected chi connectivity index (χ2v) is 10.7. The third kappa shape index (κ3) is 6.41. The molecule has 5 aromatic rings. The number of nitrogens with one attached hydrogen (secondary N) is 2. The van der Waals surface area contributed by atoms with Crippen LogP contribution in [0.1, 0.15) is 47.3 Å². The molecule has 0 bridgehead atoms. The highest BCUT2D eigenvalue weighted by molar-refractivity contribution is 6.32. The largest absolute Gasteiger partial charge is 0.388 e. The van der Waals surface area contributed by atoms with Crippen molar-refractivity contribution in [2.75, 3.05) is 17.2 Å². The van der Waals surface area contributed by atoms with Crippen molar-refractivity contribution in [2.24, 2.45) is 0 Å². The van der Waals surface area contributed by atoms with Gasteiger partial charge in [0.05, 0.1) is 46.8 Å². The zero-order valence-electron chi connectivity index (χ0n) is 22.9. The van der Waals surface area contributed by atoms with Gasteiger partial charge in [-0.2, -0.15) is 24.0 Å². The van der Waals surface area contributed by atoms with Crippen molar-refractivity contribution in [1.82, 2.24) is 20.0 Å². The van der Waals surface area contributed by atoms with E-state index in [9.17, 15) is 19.3 Å². The van der Waals surface area contributed by atoms with Crippen LogP contribution >= 0.6 is 23.2 Å². The van der Waals surface area contributed by atoms with E-state index < -0.39 is 18.7 Å². The zero-order valence-corrected chi connectivity index (χ0v) is 24.4. The lowest BCUT2D eigenvalue weighted by atomic mass is 10.00. The fraction of sp³-hybridized carbons (Fsp3) is 0.194. The fourth-order valence-corrected chi connectivity index (χ4v) is 5.29. The Labute approximate surface area is 261 Å². The minimum atomic E-state index is -3.67. The van der Waals surface area contributed by atoms with Crippen LogP contribution in [0.3, 0.4) is 0 Å². The maximum absolute atomic E-state index is 14.2. The lowest BCUT2D eigenvalue weighted by Crippen LogP contribution is -2.27. The number of nitriles is 2. The summed E-state index contributed by atoms with van der Waals surface area (Å²) in [5.74, 6) is 0. The van der Waals surface area contributed by atoms with E-state index in [-0.39, 0.29) is 28.4 Å². The molecule has 0 aliphatic rings. The van der Waals surface area contributed by atoms with Crippen LogP contribution in [0.4, 0.5) is 20.2 Å². The molecule has 13 heteroatoms. The van der Waals surface area contributed by atoms with Crippen LogP contribution in [0.15, 0.2) is 79.1 Å². The molecule has 0 unspecified atom stereocenters. The van der Waals surface area contributed by atoms with Crippen LogP contribution in [-0.4, -0.2) is 31.7 Å². The van der Waals surface area contributed by atoms with E-state index in [1.54, 1.807) is 36.4 Å². The number of aromatic nitrogens is 4. The number of nitrogens with zero attached hydrogens (tertiary/aromatic N) is 6. The van der Waals surface area contributed by atoms with Gasteiger partial charge in [-0.15, -0.1) is 5.10 Å². The molecular formula is C31H24Cl2F2N8O. The molecule has 0 saturated carbocycles. The number of alkyl halides is 2. The van der Waals surface area contributed by atoms with Crippen molar-refractivity contribution in [3.63, 3.8) is 0 Å². The maximum atomic E-state index is 14.2. The lowest BCUT2D eigenvalue weighted by Gasteiger charge is -2.23. The number of rotatable bonds is 11. The monoisotopic (exact) mass is 632 g/mol. The molecule has 9 nitrogen and oxygen atoms in total. The Kier molecular flexibility index (Phi) is 9.21. The number of hydrogen-bond acceptors (Lipinski definition) is 8. The number of pyridine rings is 1. The van der Waals surface area contributed by atoms with Crippen LogP contribution in [0.25, 0.3) is 10.9 Å². The van der Waals surface area contributed by atoms with Gasteiger partial charge < -0.3 is 15.7 Å². The van der Waals surface area contributed by atoms with E-state index in [2.05, 4.69) is 38.1 Å². The Morgan fingerprint density at radius 3 is 2.48 bits per heavy atom. The summed E-state index contributed by atoms with van der Waals surface area (Å²) in [6.07, 6.45) is 3.21. The lowest BCUT2D eigenvalue weighted by molar-refractivity contribution is -0.131. The summed E-state index contributed by atoms with van der Waals surface area (Å²) in [4.78, 5) is 4.55. The Balaban J connectivity index is 1.63. The molecule has 2 atom stereocenters. The summed E-state index contributed by atoms with van der Waals surface area (Å²) in [7, 11) is 0. The van der Waals surface area contributed by atoms with Gasteiger partial charge in [0.2, 0.25) is 0 Å². The molecule has 2 aromatic heterocycles. The topological polar surface area (TPSA) is 135 Å². The van der Waals surface area contributed by atoms with Crippen molar-refractivity contribution in [2.45, 2.75) is 31.0 Å². The molecule has 3 N–H and O–H groups in total. The maximum Gasteiger partial charge on any atom is 0.367 e. The molecule has 5 rings (SSSR count). The van der Waals surface area contributed by atoms with E-state index in [1.165, 1.54) is 6.20 Å². The average Bonchev–Trinajstić information content (AvgIpc) is 3.54. The van der Waals surface area contributed by atoms with Crippen molar-refractivity contribution in [3.8, 4) is 12.1 Å². The summed E-state index contributed by atoms with van der Waals surface area (Å²) in [6, 6.07) is 19.2. The summed E-state index contributed by atoms with van der Waals surface area (Å²) in [5.41, 5.74) is 3.09. The van der Waals surface area contributed by atoms with Crippen LogP contribution < -0.4 is 10.6 Å².